The maximum absolute atomic E-state index is 11.9. The van der Waals surface area contributed by atoms with Crippen LogP contribution in [0.3, 0.4) is 0 Å². The Morgan fingerprint density at radius 2 is 1.92 bits per heavy atom. The normalized spacial score (nSPS) is 17.7. The molecule has 1 heterocycles. The standard InChI is InChI=1S/C19H19NO4/c1-3-24-19(22)13-9-10-14-15(11-13)20-18(21)16(14)17(23-2)12-7-5-4-6-8-12/h4-11,18,20-21H,3H2,1-2H3/b17-16-. The van der Waals surface area contributed by atoms with Crippen LogP contribution in [-0.4, -0.2) is 31.0 Å². The van der Waals surface area contributed by atoms with Gasteiger partial charge in [-0.3, -0.25) is 0 Å². The number of carbonyl (C=O) groups excluding carboxylic acids is 1. The fourth-order valence-corrected chi connectivity index (χ4v) is 2.83. The van der Waals surface area contributed by atoms with Gasteiger partial charge < -0.3 is 19.9 Å². The topological polar surface area (TPSA) is 67.8 Å². The Morgan fingerprint density at radius 3 is 2.58 bits per heavy atom. The Morgan fingerprint density at radius 1 is 1.17 bits per heavy atom. The second kappa shape index (κ2) is 6.76. The van der Waals surface area contributed by atoms with E-state index in [0.717, 1.165) is 11.1 Å². The number of nitrogens with one attached hydrogen (secondary N) is 1. The summed E-state index contributed by atoms with van der Waals surface area (Å²) < 4.78 is 10.6. The van der Waals surface area contributed by atoms with Gasteiger partial charge in [0.15, 0.2) is 6.23 Å². The molecule has 5 nitrogen and oxygen atoms in total. The van der Waals surface area contributed by atoms with Crippen molar-refractivity contribution >= 4 is 23.0 Å². The predicted octanol–water partition coefficient (Wildman–Crippen LogP) is 3.12. The van der Waals surface area contributed by atoms with Crippen LogP contribution in [0.5, 0.6) is 0 Å². The fourth-order valence-electron chi connectivity index (χ4n) is 2.83. The molecule has 1 atom stereocenters. The molecule has 2 aromatic carbocycles. The van der Waals surface area contributed by atoms with Gasteiger partial charge >= 0.3 is 5.97 Å². The van der Waals surface area contributed by atoms with Crippen LogP contribution in [-0.2, 0) is 9.47 Å². The van der Waals surface area contributed by atoms with Crippen molar-refractivity contribution < 1.29 is 19.4 Å². The molecule has 5 heteroatoms. The summed E-state index contributed by atoms with van der Waals surface area (Å²) in [4.78, 5) is 11.9. The van der Waals surface area contributed by atoms with E-state index in [1.807, 2.05) is 30.3 Å². The van der Waals surface area contributed by atoms with E-state index in [-0.39, 0.29) is 5.97 Å². The van der Waals surface area contributed by atoms with E-state index in [2.05, 4.69) is 5.32 Å². The molecule has 0 saturated heterocycles. The number of hydrogen-bond acceptors (Lipinski definition) is 5. The highest BCUT2D eigenvalue weighted by atomic mass is 16.5. The van der Waals surface area contributed by atoms with E-state index in [4.69, 9.17) is 9.47 Å². The second-order valence-corrected chi connectivity index (χ2v) is 5.34. The SMILES string of the molecule is CCOC(=O)c1ccc2c(c1)NC(O)/C2=C(\OC)c1ccccc1. The molecule has 2 aromatic rings. The first-order chi connectivity index (χ1) is 11.7. The quantitative estimate of drug-likeness (QED) is 0.668. The van der Waals surface area contributed by atoms with E-state index >= 15 is 0 Å². The van der Waals surface area contributed by atoms with Crippen LogP contribution in [0.1, 0.15) is 28.4 Å². The summed E-state index contributed by atoms with van der Waals surface area (Å²) in [6.45, 7) is 2.08. The molecule has 124 valence electrons. The molecular weight excluding hydrogens is 306 g/mol. The van der Waals surface area contributed by atoms with Crippen LogP contribution in [0, 0.1) is 0 Å². The zero-order valence-corrected chi connectivity index (χ0v) is 13.6. The van der Waals surface area contributed by atoms with Gasteiger partial charge in [0.05, 0.1) is 24.9 Å². The first-order valence-electron chi connectivity index (χ1n) is 7.75. The molecule has 3 rings (SSSR count). The Balaban J connectivity index is 2.07. The smallest absolute Gasteiger partial charge is 0.338 e. The summed E-state index contributed by atoms with van der Waals surface area (Å²) in [7, 11) is 1.58. The largest absolute Gasteiger partial charge is 0.496 e. The van der Waals surface area contributed by atoms with Crippen molar-refractivity contribution in [2.45, 2.75) is 13.2 Å². The molecule has 1 aliphatic rings. The Kier molecular flexibility index (Phi) is 4.53. The van der Waals surface area contributed by atoms with Gasteiger partial charge in [0.2, 0.25) is 0 Å². The van der Waals surface area contributed by atoms with Gasteiger partial charge in [0, 0.05) is 16.8 Å². The maximum Gasteiger partial charge on any atom is 0.338 e. The van der Waals surface area contributed by atoms with Gasteiger partial charge in [-0.05, 0) is 19.1 Å². The molecule has 24 heavy (non-hydrogen) atoms. The summed E-state index contributed by atoms with van der Waals surface area (Å²) in [5, 5.41) is 13.4. The minimum absolute atomic E-state index is 0.318. The average molecular weight is 325 g/mol. The van der Waals surface area contributed by atoms with Gasteiger partial charge in [-0.25, -0.2) is 4.79 Å². The van der Waals surface area contributed by atoms with E-state index in [9.17, 15) is 9.90 Å². The highest BCUT2D eigenvalue weighted by Crippen LogP contribution is 2.39. The van der Waals surface area contributed by atoms with Gasteiger partial charge in [-0.15, -0.1) is 0 Å². The van der Waals surface area contributed by atoms with Crippen LogP contribution in [0.25, 0.3) is 11.3 Å². The van der Waals surface area contributed by atoms with E-state index in [1.165, 1.54) is 0 Å². The van der Waals surface area contributed by atoms with Gasteiger partial charge in [0.1, 0.15) is 5.76 Å². The van der Waals surface area contributed by atoms with Gasteiger partial charge in [-0.1, -0.05) is 36.4 Å². The number of carbonyl (C=O) groups is 1. The highest BCUT2D eigenvalue weighted by Gasteiger charge is 2.29. The summed E-state index contributed by atoms with van der Waals surface area (Å²) >= 11 is 0. The van der Waals surface area contributed by atoms with Crippen molar-refractivity contribution in [1.29, 1.82) is 0 Å². The van der Waals surface area contributed by atoms with Crippen LogP contribution >= 0.6 is 0 Å². The molecule has 0 spiro atoms. The average Bonchev–Trinajstić information content (AvgIpc) is 2.92. The molecule has 1 unspecified atom stereocenters. The van der Waals surface area contributed by atoms with Gasteiger partial charge in [-0.2, -0.15) is 0 Å². The molecule has 0 amide bonds. The first-order valence-corrected chi connectivity index (χ1v) is 7.75. The summed E-state index contributed by atoms with van der Waals surface area (Å²) in [5.41, 5.74) is 3.44. The number of aliphatic hydroxyl groups excluding tert-OH is 1. The Hall–Kier alpha value is -2.79. The molecule has 0 saturated carbocycles. The number of ether oxygens (including phenoxy) is 2. The predicted molar refractivity (Wildman–Crippen MR) is 92.3 cm³/mol. The van der Waals surface area contributed by atoms with Crippen molar-refractivity contribution in [3.63, 3.8) is 0 Å². The zero-order valence-electron chi connectivity index (χ0n) is 13.6. The third-order valence-electron chi connectivity index (χ3n) is 3.87. The molecular formula is C19H19NO4. The van der Waals surface area contributed by atoms with E-state index in [1.54, 1.807) is 32.2 Å². The minimum Gasteiger partial charge on any atom is -0.496 e. The Bertz CT molecular complexity index is 783. The van der Waals surface area contributed by atoms with Crippen LogP contribution in [0.4, 0.5) is 5.69 Å². The van der Waals surface area contributed by atoms with Crippen LogP contribution in [0.15, 0.2) is 48.5 Å². The van der Waals surface area contributed by atoms with Crippen molar-refractivity contribution in [2.75, 3.05) is 19.0 Å². The molecule has 0 aliphatic carbocycles. The Labute approximate surface area is 140 Å². The minimum atomic E-state index is -0.910. The lowest BCUT2D eigenvalue weighted by molar-refractivity contribution is 0.0526. The number of rotatable bonds is 4. The summed E-state index contributed by atoms with van der Waals surface area (Å²) in [6, 6.07) is 14.7. The molecule has 1 aliphatic heterocycles. The van der Waals surface area contributed by atoms with E-state index < -0.39 is 6.23 Å². The van der Waals surface area contributed by atoms with Crippen molar-refractivity contribution in [3.05, 3.63) is 65.2 Å². The first kappa shape index (κ1) is 16.1. The highest BCUT2D eigenvalue weighted by molar-refractivity contribution is 6.00. The number of aliphatic hydroxyl groups is 1. The maximum atomic E-state index is 11.9. The molecule has 0 aromatic heterocycles. The number of fused-ring (bicyclic) bond motifs is 1. The van der Waals surface area contributed by atoms with Crippen molar-refractivity contribution in [1.82, 2.24) is 0 Å². The van der Waals surface area contributed by atoms with Crippen LogP contribution in [0.2, 0.25) is 0 Å². The van der Waals surface area contributed by atoms with E-state index in [0.29, 0.717) is 29.2 Å². The van der Waals surface area contributed by atoms with Crippen molar-refractivity contribution in [3.8, 4) is 0 Å². The van der Waals surface area contributed by atoms with Crippen molar-refractivity contribution in [2.24, 2.45) is 0 Å². The number of esters is 1. The molecule has 0 radical (unpaired) electrons. The third-order valence-corrected chi connectivity index (χ3v) is 3.87. The molecule has 0 bridgehead atoms. The molecule has 2 N–H and O–H groups in total. The lowest BCUT2D eigenvalue weighted by Gasteiger charge is -2.13. The fraction of sp³-hybridized carbons (Fsp3) is 0.211. The van der Waals surface area contributed by atoms with Gasteiger partial charge in [0.25, 0.3) is 0 Å². The summed E-state index contributed by atoms with van der Waals surface area (Å²) in [6.07, 6.45) is -0.910. The molecule has 0 fully saturated rings. The number of hydrogen-bond donors (Lipinski definition) is 2. The number of anilines is 1. The lowest BCUT2D eigenvalue weighted by atomic mass is 10.00. The van der Waals surface area contributed by atoms with Crippen LogP contribution < -0.4 is 5.32 Å². The lowest BCUT2D eigenvalue weighted by Crippen LogP contribution is -2.14. The number of benzene rings is 2. The number of methoxy groups -OCH3 is 1. The monoisotopic (exact) mass is 325 g/mol. The second-order valence-electron chi connectivity index (χ2n) is 5.34. The zero-order chi connectivity index (χ0) is 17.1. The summed E-state index contributed by atoms with van der Waals surface area (Å²) in [5.74, 6) is 0.210. The third kappa shape index (κ3) is 2.86.